The molecule has 9 nitrogen and oxygen atoms in total. The number of rotatable bonds is 5. The number of carbonyl (C=O) groups is 3. The average molecular weight is 343 g/mol. The zero-order chi connectivity index (χ0) is 18.2. The Kier molecular flexibility index (Phi) is 5.77. The van der Waals surface area contributed by atoms with Gasteiger partial charge < -0.3 is 4.74 Å². The molecule has 0 bridgehead atoms. The lowest BCUT2D eigenvalue weighted by molar-refractivity contribution is -0.384. The van der Waals surface area contributed by atoms with Gasteiger partial charge in [-0.3, -0.25) is 30.6 Å². The predicted octanol–water partition coefficient (Wildman–Crippen LogP) is 1.21. The summed E-state index contributed by atoms with van der Waals surface area (Å²) < 4.78 is 4.79. The predicted molar refractivity (Wildman–Crippen MR) is 85.4 cm³/mol. The molecule has 2 aromatic rings. The Bertz CT molecular complexity index is 789. The van der Waals surface area contributed by atoms with Gasteiger partial charge in [-0.25, -0.2) is 4.79 Å². The Hall–Kier alpha value is -3.75. The van der Waals surface area contributed by atoms with Crippen LogP contribution in [0.5, 0.6) is 0 Å². The van der Waals surface area contributed by atoms with Gasteiger partial charge in [0.2, 0.25) is 0 Å². The highest BCUT2D eigenvalue weighted by Crippen LogP contribution is 2.11. The van der Waals surface area contributed by atoms with Crippen molar-refractivity contribution in [3.8, 4) is 0 Å². The van der Waals surface area contributed by atoms with Gasteiger partial charge in [0.1, 0.15) is 0 Å². The van der Waals surface area contributed by atoms with E-state index in [4.69, 9.17) is 4.74 Å². The molecule has 2 amide bonds. The molecule has 0 fully saturated rings. The zero-order valence-electron chi connectivity index (χ0n) is 12.8. The van der Waals surface area contributed by atoms with E-state index in [0.717, 1.165) is 0 Å². The molecule has 2 N–H and O–H groups in total. The molecule has 0 aromatic heterocycles. The second kappa shape index (κ2) is 8.20. The highest BCUT2D eigenvalue weighted by atomic mass is 16.6. The molecule has 0 aliphatic rings. The quantitative estimate of drug-likeness (QED) is 0.477. The summed E-state index contributed by atoms with van der Waals surface area (Å²) in [5, 5.41) is 10.5. The van der Waals surface area contributed by atoms with Crippen LogP contribution < -0.4 is 10.9 Å². The fourth-order valence-electron chi connectivity index (χ4n) is 1.76. The SMILES string of the molecule is O=C(COC(=O)c1ccccc1)NNC(=O)c1ccc([N+](=O)[O-])cc1. The Balaban J connectivity index is 1.78. The lowest BCUT2D eigenvalue weighted by Crippen LogP contribution is -2.43. The van der Waals surface area contributed by atoms with Crippen LogP contribution in [-0.2, 0) is 9.53 Å². The van der Waals surface area contributed by atoms with E-state index in [2.05, 4.69) is 10.9 Å². The molecule has 0 aliphatic heterocycles. The van der Waals surface area contributed by atoms with Crippen LogP contribution in [0.3, 0.4) is 0 Å². The number of non-ortho nitro benzene ring substituents is 1. The molecule has 9 heteroatoms. The molecule has 0 aliphatic carbocycles. The number of hydrazine groups is 1. The average Bonchev–Trinajstić information content (AvgIpc) is 2.64. The number of hydrogen-bond acceptors (Lipinski definition) is 6. The molecule has 2 aromatic carbocycles. The Morgan fingerprint density at radius 3 is 2.16 bits per heavy atom. The molecule has 0 spiro atoms. The number of nitro benzene ring substituents is 1. The highest BCUT2D eigenvalue weighted by molar-refractivity contribution is 5.96. The van der Waals surface area contributed by atoms with Gasteiger partial charge in [0, 0.05) is 17.7 Å². The van der Waals surface area contributed by atoms with Crippen LogP contribution in [0, 0.1) is 10.1 Å². The van der Waals surface area contributed by atoms with E-state index >= 15 is 0 Å². The van der Waals surface area contributed by atoms with Gasteiger partial charge in [0.25, 0.3) is 17.5 Å². The van der Waals surface area contributed by atoms with Crippen molar-refractivity contribution in [3.63, 3.8) is 0 Å². The van der Waals surface area contributed by atoms with Gasteiger partial charge in [-0.1, -0.05) is 18.2 Å². The van der Waals surface area contributed by atoms with Crippen LogP contribution in [0.1, 0.15) is 20.7 Å². The second-order valence-electron chi connectivity index (χ2n) is 4.75. The van der Waals surface area contributed by atoms with E-state index < -0.39 is 29.3 Å². The van der Waals surface area contributed by atoms with Crippen molar-refractivity contribution in [3.05, 3.63) is 75.8 Å². The smallest absolute Gasteiger partial charge is 0.338 e. The maximum Gasteiger partial charge on any atom is 0.338 e. The van der Waals surface area contributed by atoms with Crippen molar-refractivity contribution in [2.45, 2.75) is 0 Å². The second-order valence-corrected chi connectivity index (χ2v) is 4.75. The number of nitrogens with zero attached hydrogens (tertiary/aromatic N) is 1. The summed E-state index contributed by atoms with van der Waals surface area (Å²) in [6.07, 6.45) is 0. The van der Waals surface area contributed by atoms with Gasteiger partial charge in [0.05, 0.1) is 10.5 Å². The van der Waals surface area contributed by atoms with Gasteiger partial charge in [-0.2, -0.15) is 0 Å². The van der Waals surface area contributed by atoms with E-state index in [-0.39, 0.29) is 11.3 Å². The van der Waals surface area contributed by atoms with E-state index in [9.17, 15) is 24.5 Å². The third-order valence-corrected chi connectivity index (χ3v) is 3.00. The van der Waals surface area contributed by atoms with E-state index in [1.54, 1.807) is 18.2 Å². The molecular weight excluding hydrogens is 330 g/mol. The van der Waals surface area contributed by atoms with E-state index in [0.29, 0.717) is 5.56 Å². The fourth-order valence-corrected chi connectivity index (χ4v) is 1.76. The van der Waals surface area contributed by atoms with Gasteiger partial charge in [-0.05, 0) is 24.3 Å². The molecule has 2 rings (SSSR count). The van der Waals surface area contributed by atoms with Crippen molar-refractivity contribution in [1.29, 1.82) is 0 Å². The Morgan fingerprint density at radius 1 is 0.920 bits per heavy atom. The van der Waals surface area contributed by atoms with Crippen LogP contribution >= 0.6 is 0 Å². The number of benzene rings is 2. The first-order chi connectivity index (χ1) is 12.0. The summed E-state index contributed by atoms with van der Waals surface area (Å²) in [5.41, 5.74) is 4.44. The molecular formula is C16H13N3O6. The maximum absolute atomic E-state index is 11.8. The van der Waals surface area contributed by atoms with Gasteiger partial charge >= 0.3 is 5.97 Å². The number of carbonyl (C=O) groups excluding carboxylic acids is 3. The first-order valence-corrected chi connectivity index (χ1v) is 7.03. The minimum atomic E-state index is -0.737. The first kappa shape index (κ1) is 17.6. The molecule has 0 heterocycles. The molecule has 25 heavy (non-hydrogen) atoms. The standard InChI is InChI=1S/C16H13N3O6/c20-14(10-25-16(22)12-4-2-1-3-5-12)17-18-15(21)11-6-8-13(9-7-11)19(23)24/h1-9H,10H2,(H,17,20)(H,18,21). The summed E-state index contributed by atoms with van der Waals surface area (Å²) in [5.74, 6) is -2.07. The largest absolute Gasteiger partial charge is 0.452 e. The van der Waals surface area contributed by atoms with E-state index in [1.165, 1.54) is 36.4 Å². The summed E-state index contributed by atoms with van der Waals surface area (Å²) in [4.78, 5) is 44.9. The topological polar surface area (TPSA) is 128 Å². The van der Waals surface area contributed by atoms with Crippen LogP contribution in [0.2, 0.25) is 0 Å². The first-order valence-electron chi connectivity index (χ1n) is 7.03. The third-order valence-electron chi connectivity index (χ3n) is 3.00. The molecule has 0 saturated carbocycles. The van der Waals surface area contributed by atoms with Gasteiger partial charge in [-0.15, -0.1) is 0 Å². The van der Waals surface area contributed by atoms with Gasteiger partial charge in [0.15, 0.2) is 6.61 Å². The number of amides is 2. The number of esters is 1. The minimum Gasteiger partial charge on any atom is -0.452 e. The van der Waals surface area contributed by atoms with Crippen LogP contribution in [0.15, 0.2) is 54.6 Å². The van der Waals surface area contributed by atoms with Crippen molar-refractivity contribution >= 4 is 23.5 Å². The normalized spacial score (nSPS) is 9.76. The van der Waals surface area contributed by atoms with Crippen LogP contribution in [0.25, 0.3) is 0 Å². The van der Waals surface area contributed by atoms with Crippen molar-refractivity contribution < 1.29 is 24.0 Å². The molecule has 0 atom stereocenters. The zero-order valence-corrected chi connectivity index (χ0v) is 12.8. The highest BCUT2D eigenvalue weighted by Gasteiger charge is 2.12. The van der Waals surface area contributed by atoms with Crippen molar-refractivity contribution in [2.24, 2.45) is 0 Å². The van der Waals surface area contributed by atoms with E-state index in [1.807, 2.05) is 0 Å². The monoisotopic (exact) mass is 343 g/mol. The minimum absolute atomic E-state index is 0.118. The van der Waals surface area contributed by atoms with Crippen molar-refractivity contribution in [1.82, 2.24) is 10.9 Å². The number of nitro groups is 1. The molecule has 128 valence electrons. The lowest BCUT2D eigenvalue weighted by atomic mass is 10.2. The molecule has 0 radical (unpaired) electrons. The number of hydrogen-bond donors (Lipinski definition) is 2. The summed E-state index contributed by atoms with van der Waals surface area (Å²) in [6.45, 7) is -0.575. The Labute approximate surface area is 141 Å². The summed E-state index contributed by atoms with van der Waals surface area (Å²) >= 11 is 0. The fraction of sp³-hybridized carbons (Fsp3) is 0.0625. The third kappa shape index (κ3) is 5.13. The lowest BCUT2D eigenvalue weighted by Gasteiger charge is -2.08. The molecule has 0 saturated heterocycles. The molecule has 0 unspecified atom stereocenters. The number of ether oxygens (including phenoxy) is 1. The van der Waals surface area contributed by atoms with Crippen LogP contribution in [-0.4, -0.2) is 29.3 Å². The Morgan fingerprint density at radius 2 is 1.56 bits per heavy atom. The number of nitrogens with one attached hydrogen (secondary N) is 2. The van der Waals surface area contributed by atoms with Crippen molar-refractivity contribution in [2.75, 3.05) is 6.61 Å². The maximum atomic E-state index is 11.8. The summed E-state index contributed by atoms with van der Waals surface area (Å²) in [7, 11) is 0. The summed E-state index contributed by atoms with van der Waals surface area (Å²) in [6, 6.07) is 12.9. The van der Waals surface area contributed by atoms with Crippen LogP contribution in [0.4, 0.5) is 5.69 Å².